The van der Waals surface area contributed by atoms with Crippen molar-refractivity contribution in [3.8, 4) is 0 Å². The molecule has 0 aromatic rings. The predicted octanol–water partition coefficient (Wildman–Crippen LogP) is 1.02. The summed E-state index contributed by atoms with van der Waals surface area (Å²) in [5.41, 5.74) is 0. The molecule has 1 unspecified atom stereocenters. The number of rotatable bonds is 2. The van der Waals surface area contributed by atoms with E-state index in [4.69, 9.17) is 0 Å². The van der Waals surface area contributed by atoms with Crippen molar-refractivity contribution in [3.63, 3.8) is 0 Å². The van der Waals surface area contributed by atoms with E-state index in [-0.39, 0.29) is 0 Å². The fourth-order valence-corrected chi connectivity index (χ4v) is 0.250. The molecule has 0 aliphatic carbocycles. The van der Waals surface area contributed by atoms with Gasteiger partial charge in [-0.05, 0) is 6.42 Å². The van der Waals surface area contributed by atoms with Crippen LogP contribution in [0.15, 0.2) is 0 Å². The molecule has 0 rings (SSSR count). The Morgan fingerprint density at radius 2 is 2.40 bits per heavy atom. The minimum absolute atomic E-state index is 0.741. The van der Waals surface area contributed by atoms with Crippen molar-refractivity contribution in [2.45, 2.75) is 6.42 Å². The van der Waals surface area contributed by atoms with Gasteiger partial charge in [-0.1, -0.05) is 6.92 Å². The topological polar surface area (TPSA) is 9.23 Å². The lowest BCUT2D eigenvalue weighted by Crippen LogP contribution is -1.73. The maximum absolute atomic E-state index is 4.55. The van der Waals surface area contributed by atoms with Gasteiger partial charge in [0.25, 0.3) is 0 Å². The molecule has 0 amide bonds. The Bertz CT molecular complexity index is 14.4. The van der Waals surface area contributed by atoms with Crippen LogP contribution in [0.1, 0.15) is 6.42 Å². The van der Waals surface area contributed by atoms with Crippen molar-refractivity contribution in [2.75, 3.05) is 6.61 Å². The molecule has 0 heterocycles. The third-order valence-corrected chi connectivity index (χ3v) is 0.498. The van der Waals surface area contributed by atoms with Crippen LogP contribution in [0.3, 0.4) is 0 Å². The maximum atomic E-state index is 4.55. The largest absolute Gasteiger partial charge is 0.366 e. The summed E-state index contributed by atoms with van der Waals surface area (Å²) in [7, 11) is 2.16. The zero-order chi connectivity index (χ0) is 4.12. The highest BCUT2D eigenvalue weighted by molar-refractivity contribution is 7.09. The molecule has 2 heteroatoms. The van der Waals surface area contributed by atoms with E-state index < -0.39 is 0 Å². The van der Waals surface area contributed by atoms with E-state index in [1.54, 1.807) is 0 Å². The van der Waals surface area contributed by atoms with Crippen molar-refractivity contribution in [2.24, 2.45) is 0 Å². The molecule has 0 aromatic carbocycles. The highest BCUT2D eigenvalue weighted by Gasteiger charge is 1.66. The van der Waals surface area contributed by atoms with Crippen molar-refractivity contribution in [1.82, 2.24) is 0 Å². The van der Waals surface area contributed by atoms with E-state index in [0.29, 0.717) is 0 Å². The van der Waals surface area contributed by atoms with E-state index in [1.165, 1.54) is 0 Å². The second-order valence-electron chi connectivity index (χ2n) is 0.724. The molecule has 1 atom stereocenters. The Kier molecular flexibility index (Phi) is 4.73. The maximum Gasteiger partial charge on any atom is 0.0501 e. The van der Waals surface area contributed by atoms with Crippen LogP contribution in [0.2, 0.25) is 0 Å². The van der Waals surface area contributed by atoms with E-state index in [1.807, 2.05) is 0 Å². The molecule has 0 fully saturated rings. The molecule has 0 aromatic heterocycles. The smallest absolute Gasteiger partial charge is 0.0501 e. The molecule has 0 spiro atoms. The summed E-state index contributed by atoms with van der Waals surface area (Å²) >= 11 is 0. The van der Waals surface area contributed by atoms with Crippen molar-refractivity contribution in [3.05, 3.63) is 6.92 Å². The quantitative estimate of drug-likeness (QED) is 0.461. The molecule has 0 bridgehead atoms. The molecule has 0 saturated carbocycles. The Morgan fingerprint density at radius 1 is 1.80 bits per heavy atom. The number of hydrogen-bond donors (Lipinski definition) is 0. The Balaban J connectivity index is 2.19. The van der Waals surface area contributed by atoms with Crippen molar-refractivity contribution >= 4 is 9.47 Å². The average Bonchev–Trinajstić information content (AvgIpc) is 1.41. The van der Waals surface area contributed by atoms with Gasteiger partial charge in [0.1, 0.15) is 0 Å². The normalized spacial score (nSPS) is 8.40. The summed E-state index contributed by atoms with van der Waals surface area (Å²) in [5, 5.41) is 0. The van der Waals surface area contributed by atoms with Gasteiger partial charge in [0, 0.05) is 9.47 Å². The molecule has 0 aliphatic rings. The first-order valence-corrected chi connectivity index (χ1v) is 2.00. The van der Waals surface area contributed by atoms with Gasteiger partial charge in [-0.3, -0.25) is 0 Å². The van der Waals surface area contributed by atoms with E-state index in [9.17, 15) is 0 Å². The first kappa shape index (κ1) is 5.39. The molecule has 1 nitrogen and oxygen atoms in total. The van der Waals surface area contributed by atoms with Gasteiger partial charge in [-0.25, -0.2) is 0 Å². The van der Waals surface area contributed by atoms with E-state index in [0.717, 1.165) is 13.0 Å². The van der Waals surface area contributed by atoms with Crippen LogP contribution in [0, 0.1) is 6.92 Å². The van der Waals surface area contributed by atoms with Gasteiger partial charge < -0.3 is 4.52 Å². The summed E-state index contributed by atoms with van der Waals surface area (Å²) in [4.78, 5) is 0. The average molecular weight is 91.1 g/mol. The predicted molar refractivity (Wildman–Crippen MR) is 25.6 cm³/mol. The Morgan fingerprint density at radius 3 is 2.40 bits per heavy atom. The van der Waals surface area contributed by atoms with Crippen LogP contribution in [-0.2, 0) is 4.52 Å². The fourth-order valence-electron chi connectivity index (χ4n) is 0.0833. The molecular formula is C3H8OP. The van der Waals surface area contributed by atoms with Crippen LogP contribution in [0.5, 0.6) is 0 Å². The first-order valence-electron chi connectivity index (χ1n) is 1.52. The molecule has 5 heavy (non-hydrogen) atoms. The van der Waals surface area contributed by atoms with Gasteiger partial charge in [-0.2, -0.15) is 0 Å². The fraction of sp³-hybridized carbons (Fsp3) is 0.667. The van der Waals surface area contributed by atoms with E-state index in [2.05, 4.69) is 20.9 Å². The van der Waals surface area contributed by atoms with Gasteiger partial charge in [0.05, 0.1) is 6.61 Å². The lowest BCUT2D eigenvalue weighted by atomic mass is 10.5. The van der Waals surface area contributed by atoms with Crippen LogP contribution in [-0.4, -0.2) is 6.61 Å². The second kappa shape index (κ2) is 4.39. The van der Waals surface area contributed by atoms with E-state index >= 15 is 0 Å². The molecule has 0 N–H and O–H groups in total. The number of hydrogen-bond acceptors (Lipinski definition) is 1. The van der Waals surface area contributed by atoms with Gasteiger partial charge in [-0.15, -0.1) is 0 Å². The highest BCUT2D eigenvalue weighted by atomic mass is 31.0. The minimum Gasteiger partial charge on any atom is -0.366 e. The SMILES string of the molecule is [CH2]CCOP. The zero-order valence-electron chi connectivity index (χ0n) is 3.11. The first-order chi connectivity index (χ1) is 2.41. The molecule has 31 valence electrons. The summed E-state index contributed by atoms with van der Waals surface area (Å²) in [5.74, 6) is 0. The third-order valence-electron chi connectivity index (χ3n) is 0.262. The lowest BCUT2D eigenvalue weighted by molar-refractivity contribution is 0.380. The van der Waals surface area contributed by atoms with Crippen LogP contribution in [0.4, 0.5) is 0 Å². The van der Waals surface area contributed by atoms with Gasteiger partial charge >= 0.3 is 0 Å². The Hall–Kier alpha value is 0.390. The summed E-state index contributed by atoms with van der Waals surface area (Å²) in [6.45, 7) is 4.28. The molecule has 0 saturated heterocycles. The molecule has 1 radical (unpaired) electrons. The molecule has 0 aliphatic heterocycles. The van der Waals surface area contributed by atoms with Crippen LogP contribution < -0.4 is 0 Å². The van der Waals surface area contributed by atoms with Crippen LogP contribution in [0.25, 0.3) is 0 Å². The van der Waals surface area contributed by atoms with Crippen molar-refractivity contribution < 1.29 is 4.52 Å². The zero-order valence-corrected chi connectivity index (χ0v) is 4.26. The Labute approximate surface area is 35.0 Å². The van der Waals surface area contributed by atoms with Gasteiger partial charge in [0.2, 0.25) is 0 Å². The minimum atomic E-state index is 0.741. The van der Waals surface area contributed by atoms with Crippen LogP contribution >= 0.6 is 9.47 Å². The third kappa shape index (κ3) is 4.39. The standard InChI is InChI=1S/C3H8OP/c1-2-3-4-5/h1-3,5H2. The monoisotopic (exact) mass is 91.0 g/mol. The lowest BCUT2D eigenvalue weighted by Gasteiger charge is -1.83. The van der Waals surface area contributed by atoms with Gasteiger partial charge in [0.15, 0.2) is 0 Å². The summed E-state index contributed by atoms with van der Waals surface area (Å²) < 4.78 is 4.55. The summed E-state index contributed by atoms with van der Waals surface area (Å²) in [6, 6.07) is 0. The summed E-state index contributed by atoms with van der Waals surface area (Å²) in [6.07, 6.45) is 0.851. The highest BCUT2D eigenvalue weighted by Crippen LogP contribution is 1.84. The second-order valence-corrected chi connectivity index (χ2v) is 1.06. The van der Waals surface area contributed by atoms with Crippen molar-refractivity contribution in [1.29, 1.82) is 0 Å². The molecular weight excluding hydrogens is 83.0 g/mol.